The van der Waals surface area contributed by atoms with Gasteiger partial charge in [-0.05, 0) is 41.5 Å². The number of esters is 1. The normalized spacial score (nSPS) is 10.7. The third-order valence-corrected chi connectivity index (χ3v) is 4.22. The minimum atomic E-state index is -0.673. The molecule has 0 aromatic heterocycles. The van der Waals surface area contributed by atoms with Crippen LogP contribution in [0.2, 0.25) is 0 Å². The maximum atomic E-state index is 12.4. The summed E-state index contributed by atoms with van der Waals surface area (Å²) in [6.07, 6.45) is 1.71. The Morgan fingerprint density at radius 1 is 1.00 bits per heavy atom. The number of nitriles is 1. The number of carbonyl (C=O) groups excluding carboxylic acids is 1. The van der Waals surface area contributed by atoms with Gasteiger partial charge in [0, 0.05) is 12.1 Å². The number of hydrogen-bond acceptors (Lipinski definition) is 6. The van der Waals surface area contributed by atoms with Crippen molar-refractivity contribution in [1.82, 2.24) is 0 Å². The van der Waals surface area contributed by atoms with Gasteiger partial charge >= 0.3 is 5.97 Å². The van der Waals surface area contributed by atoms with Gasteiger partial charge in [0.1, 0.15) is 0 Å². The standard InChI is InChI=1S/C23H16N2O5/c1-29-22-14-16(13-19(15-24)17-5-3-2-4-6-17)7-12-21(22)30-23(26)18-8-10-20(11-9-18)25(27)28/h2-14H,1H3/b19-13+. The Morgan fingerprint density at radius 2 is 1.70 bits per heavy atom. The molecule has 0 saturated carbocycles. The molecule has 30 heavy (non-hydrogen) atoms. The van der Waals surface area contributed by atoms with E-state index in [1.54, 1.807) is 24.3 Å². The van der Waals surface area contributed by atoms with Crippen LogP contribution in [0.5, 0.6) is 11.5 Å². The van der Waals surface area contributed by atoms with Crippen LogP contribution < -0.4 is 9.47 Å². The van der Waals surface area contributed by atoms with Crippen LogP contribution in [0.1, 0.15) is 21.5 Å². The highest BCUT2D eigenvalue weighted by molar-refractivity contribution is 5.92. The molecule has 0 saturated heterocycles. The quantitative estimate of drug-likeness (QED) is 0.146. The summed E-state index contributed by atoms with van der Waals surface area (Å²) in [6, 6.07) is 21.4. The van der Waals surface area contributed by atoms with Crippen LogP contribution in [0.4, 0.5) is 5.69 Å². The van der Waals surface area contributed by atoms with Gasteiger partial charge in [-0.2, -0.15) is 5.26 Å². The van der Waals surface area contributed by atoms with Crippen LogP contribution in [-0.2, 0) is 0 Å². The first-order chi connectivity index (χ1) is 14.5. The molecule has 3 rings (SSSR count). The van der Waals surface area contributed by atoms with E-state index in [0.29, 0.717) is 16.9 Å². The van der Waals surface area contributed by atoms with Gasteiger partial charge in [-0.15, -0.1) is 0 Å². The number of benzene rings is 3. The lowest BCUT2D eigenvalue weighted by molar-refractivity contribution is -0.384. The van der Waals surface area contributed by atoms with E-state index in [2.05, 4.69) is 6.07 Å². The van der Waals surface area contributed by atoms with Gasteiger partial charge in [-0.1, -0.05) is 36.4 Å². The van der Waals surface area contributed by atoms with Crippen LogP contribution in [0.3, 0.4) is 0 Å². The number of ether oxygens (including phenoxy) is 2. The van der Waals surface area contributed by atoms with Crippen molar-refractivity contribution < 1.29 is 19.2 Å². The van der Waals surface area contributed by atoms with Gasteiger partial charge in [-0.25, -0.2) is 4.79 Å². The summed E-state index contributed by atoms with van der Waals surface area (Å²) in [4.78, 5) is 22.5. The number of rotatable bonds is 6. The van der Waals surface area contributed by atoms with E-state index in [1.165, 1.54) is 31.4 Å². The molecule has 0 fully saturated rings. The maximum absolute atomic E-state index is 12.4. The van der Waals surface area contributed by atoms with Gasteiger partial charge in [0.15, 0.2) is 11.5 Å². The third-order valence-electron chi connectivity index (χ3n) is 4.22. The minimum absolute atomic E-state index is 0.119. The zero-order chi connectivity index (χ0) is 21.5. The van der Waals surface area contributed by atoms with Crippen LogP contribution in [0.15, 0.2) is 72.8 Å². The van der Waals surface area contributed by atoms with Crippen molar-refractivity contribution in [3.63, 3.8) is 0 Å². The van der Waals surface area contributed by atoms with Crippen LogP contribution in [0.25, 0.3) is 11.6 Å². The first kappa shape index (κ1) is 20.3. The molecule has 7 heteroatoms. The lowest BCUT2D eigenvalue weighted by Gasteiger charge is -2.10. The fourth-order valence-corrected chi connectivity index (χ4v) is 2.70. The van der Waals surface area contributed by atoms with Crippen molar-refractivity contribution >= 4 is 23.3 Å². The number of nitro benzene ring substituents is 1. The second-order valence-corrected chi connectivity index (χ2v) is 6.14. The number of nitro groups is 1. The number of hydrogen-bond donors (Lipinski definition) is 0. The second kappa shape index (κ2) is 9.17. The molecule has 0 aliphatic rings. The Balaban J connectivity index is 1.83. The Morgan fingerprint density at radius 3 is 2.30 bits per heavy atom. The number of non-ortho nitro benzene ring substituents is 1. The maximum Gasteiger partial charge on any atom is 0.343 e. The number of nitrogens with zero attached hydrogens (tertiary/aromatic N) is 2. The van der Waals surface area contributed by atoms with Crippen molar-refractivity contribution in [1.29, 1.82) is 5.26 Å². The molecule has 0 N–H and O–H groups in total. The molecule has 0 aliphatic heterocycles. The summed E-state index contributed by atoms with van der Waals surface area (Å²) in [5, 5.41) is 20.2. The highest BCUT2D eigenvalue weighted by Crippen LogP contribution is 2.30. The van der Waals surface area contributed by atoms with Crippen molar-refractivity contribution in [2.75, 3.05) is 7.11 Å². The fraction of sp³-hybridized carbons (Fsp3) is 0.0435. The molecule has 0 amide bonds. The SMILES string of the molecule is COc1cc(/C=C(\C#N)c2ccccc2)ccc1OC(=O)c1ccc([N+](=O)[O-])cc1. The summed E-state index contributed by atoms with van der Waals surface area (Å²) in [5.41, 5.74) is 2.01. The van der Waals surface area contributed by atoms with E-state index in [1.807, 2.05) is 30.3 Å². The third kappa shape index (κ3) is 4.69. The van der Waals surface area contributed by atoms with E-state index < -0.39 is 10.9 Å². The number of allylic oxidation sites excluding steroid dienone is 1. The molecule has 7 nitrogen and oxygen atoms in total. The second-order valence-electron chi connectivity index (χ2n) is 6.14. The molecule has 3 aromatic rings. The summed E-state index contributed by atoms with van der Waals surface area (Å²) in [5.74, 6) is -0.172. The zero-order valence-corrected chi connectivity index (χ0v) is 15.9. The smallest absolute Gasteiger partial charge is 0.343 e. The first-order valence-electron chi connectivity index (χ1n) is 8.83. The molecular weight excluding hydrogens is 384 g/mol. The molecule has 0 atom stereocenters. The van der Waals surface area contributed by atoms with Crippen molar-refractivity contribution in [2.45, 2.75) is 0 Å². The zero-order valence-electron chi connectivity index (χ0n) is 15.9. The summed E-state index contributed by atoms with van der Waals surface area (Å²) in [6.45, 7) is 0. The van der Waals surface area contributed by atoms with Gasteiger partial charge in [0.25, 0.3) is 5.69 Å². The van der Waals surface area contributed by atoms with Crippen molar-refractivity contribution in [2.24, 2.45) is 0 Å². The van der Waals surface area contributed by atoms with Gasteiger partial charge in [-0.3, -0.25) is 10.1 Å². The van der Waals surface area contributed by atoms with Crippen LogP contribution in [0, 0.1) is 21.4 Å². The average molecular weight is 400 g/mol. The van der Waals surface area contributed by atoms with Crippen molar-refractivity contribution in [3.8, 4) is 17.6 Å². The predicted molar refractivity (Wildman–Crippen MR) is 111 cm³/mol. The molecule has 0 unspecified atom stereocenters. The predicted octanol–water partition coefficient (Wildman–Crippen LogP) is 4.89. The van der Waals surface area contributed by atoms with E-state index in [0.717, 1.165) is 5.56 Å². The molecule has 148 valence electrons. The Labute approximate surface area is 172 Å². The molecule has 3 aromatic carbocycles. The Kier molecular flexibility index (Phi) is 6.20. The first-order valence-corrected chi connectivity index (χ1v) is 8.83. The van der Waals surface area contributed by atoms with Gasteiger partial charge < -0.3 is 9.47 Å². The summed E-state index contributed by atoms with van der Waals surface area (Å²) < 4.78 is 10.7. The lowest BCUT2D eigenvalue weighted by atomic mass is 10.0. The van der Waals surface area contributed by atoms with E-state index in [9.17, 15) is 20.2 Å². The van der Waals surface area contributed by atoms with Crippen LogP contribution >= 0.6 is 0 Å². The molecule has 0 radical (unpaired) electrons. The van der Waals surface area contributed by atoms with Gasteiger partial charge in [0.05, 0.1) is 29.2 Å². The Bertz CT molecular complexity index is 1150. The highest BCUT2D eigenvalue weighted by Gasteiger charge is 2.14. The minimum Gasteiger partial charge on any atom is -0.493 e. The van der Waals surface area contributed by atoms with Gasteiger partial charge in [0.2, 0.25) is 0 Å². The molecule has 0 bridgehead atoms. The largest absolute Gasteiger partial charge is 0.493 e. The number of methoxy groups -OCH3 is 1. The van der Waals surface area contributed by atoms with E-state index in [4.69, 9.17) is 9.47 Å². The summed E-state index contributed by atoms with van der Waals surface area (Å²) in [7, 11) is 1.44. The van der Waals surface area contributed by atoms with Crippen molar-refractivity contribution in [3.05, 3.63) is 99.6 Å². The van der Waals surface area contributed by atoms with Crippen LogP contribution in [-0.4, -0.2) is 18.0 Å². The van der Waals surface area contributed by atoms with E-state index in [-0.39, 0.29) is 17.0 Å². The molecular formula is C23H16N2O5. The molecule has 0 spiro atoms. The topological polar surface area (TPSA) is 102 Å². The fourth-order valence-electron chi connectivity index (χ4n) is 2.70. The lowest BCUT2D eigenvalue weighted by Crippen LogP contribution is -2.09. The molecule has 0 heterocycles. The summed E-state index contributed by atoms with van der Waals surface area (Å²) >= 11 is 0. The average Bonchev–Trinajstić information content (AvgIpc) is 2.78. The van der Waals surface area contributed by atoms with E-state index >= 15 is 0 Å². The monoisotopic (exact) mass is 400 g/mol. The number of carbonyl (C=O) groups is 1. The Hall–Kier alpha value is -4.44. The highest BCUT2D eigenvalue weighted by atomic mass is 16.6. The molecule has 0 aliphatic carbocycles.